The molecule has 0 bridgehead atoms. The van der Waals surface area contributed by atoms with Gasteiger partial charge >= 0.3 is 0 Å². The van der Waals surface area contributed by atoms with E-state index in [9.17, 15) is 0 Å². The molecule has 0 unspecified atom stereocenters. The zero-order valence-corrected chi connectivity index (χ0v) is 8.38. The maximum Gasteiger partial charge on any atom is 0.172 e. The number of nitrogens with two attached hydrogens (primary N) is 1. The molecule has 2 aromatic rings. The number of pyridine rings is 1. The number of halogens is 2. The fraction of sp³-hybridized carbons (Fsp3) is 0. The highest BCUT2D eigenvalue weighted by Gasteiger charge is 2.13. The third-order valence-electron chi connectivity index (χ3n) is 1.63. The van der Waals surface area contributed by atoms with Crippen molar-refractivity contribution in [3.63, 3.8) is 0 Å². The average molecular weight is 230 g/mol. The largest absolute Gasteiger partial charge is 0.381 e. The molecule has 0 fully saturated rings. The Labute approximate surface area is 89.6 Å². The zero-order chi connectivity index (χ0) is 10.1. The van der Waals surface area contributed by atoms with Gasteiger partial charge in [-0.1, -0.05) is 28.4 Å². The van der Waals surface area contributed by atoms with Gasteiger partial charge in [0, 0.05) is 18.5 Å². The number of aromatic nitrogens is 2. The van der Waals surface area contributed by atoms with Crippen molar-refractivity contribution < 1.29 is 4.52 Å². The van der Waals surface area contributed by atoms with Gasteiger partial charge in [0.1, 0.15) is 0 Å². The lowest BCUT2D eigenvalue weighted by Gasteiger charge is -2.00. The van der Waals surface area contributed by atoms with Gasteiger partial charge in [-0.15, -0.1) is 0 Å². The molecule has 0 aromatic carbocycles. The van der Waals surface area contributed by atoms with Crippen LogP contribution in [-0.4, -0.2) is 10.1 Å². The second-order valence-corrected chi connectivity index (χ2v) is 3.41. The van der Waals surface area contributed by atoms with E-state index in [1.54, 1.807) is 6.07 Å². The highest BCUT2D eigenvalue weighted by Crippen LogP contribution is 2.34. The summed E-state index contributed by atoms with van der Waals surface area (Å²) in [4.78, 5) is 3.82. The van der Waals surface area contributed by atoms with Crippen LogP contribution in [0.3, 0.4) is 0 Å². The topological polar surface area (TPSA) is 64.9 Å². The van der Waals surface area contributed by atoms with Crippen LogP contribution in [0.25, 0.3) is 11.3 Å². The molecule has 0 aliphatic heterocycles. The molecule has 2 aromatic heterocycles. The lowest BCUT2D eigenvalue weighted by molar-refractivity contribution is 0.436. The molecular formula is C8H5Cl2N3O. The number of nitrogens with zero attached hydrogens (tertiary/aromatic N) is 2. The van der Waals surface area contributed by atoms with E-state index in [-0.39, 0.29) is 5.82 Å². The summed E-state index contributed by atoms with van der Waals surface area (Å²) in [5.74, 6) is 0.712. The van der Waals surface area contributed by atoms with Crippen molar-refractivity contribution >= 4 is 29.0 Å². The first-order valence-corrected chi connectivity index (χ1v) is 4.45. The van der Waals surface area contributed by atoms with E-state index < -0.39 is 0 Å². The van der Waals surface area contributed by atoms with Crippen LogP contribution in [0.2, 0.25) is 10.0 Å². The van der Waals surface area contributed by atoms with E-state index in [1.165, 1.54) is 12.4 Å². The SMILES string of the molecule is Nc1cc(-c2c(Cl)cncc2Cl)on1. The quantitative estimate of drug-likeness (QED) is 0.817. The summed E-state index contributed by atoms with van der Waals surface area (Å²) in [5.41, 5.74) is 5.96. The molecule has 2 N–H and O–H groups in total. The normalized spacial score (nSPS) is 10.4. The van der Waals surface area contributed by atoms with E-state index in [2.05, 4.69) is 10.1 Å². The van der Waals surface area contributed by atoms with Gasteiger partial charge in [0.05, 0.1) is 15.6 Å². The van der Waals surface area contributed by atoms with E-state index in [0.717, 1.165) is 0 Å². The van der Waals surface area contributed by atoms with Crippen molar-refractivity contribution in [3.05, 3.63) is 28.5 Å². The fourth-order valence-corrected chi connectivity index (χ4v) is 1.60. The minimum atomic E-state index is 0.281. The van der Waals surface area contributed by atoms with Crippen LogP contribution in [-0.2, 0) is 0 Å². The molecule has 4 nitrogen and oxygen atoms in total. The molecule has 0 radical (unpaired) electrons. The molecule has 0 amide bonds. The highest BCUT2D eigenvalue weighted by molar-refractivity contribution is 6.38. The predicted molar refractivity (Wildman–Crippen MR) is 54.2 cm³/mol. The van der Waals surface area contributed by atoms with Gasteiger partial charge in [-0.05, 0) is 0 Å². The van der Waals surface area contributed by atoms with E-state index in [4.69, 9.17) is 33.5 Å². The van der Waals surface area contributed by atoms with Crippen LogP contribution >= 0.6 is 23.2 Å². The van der Waals surface area contributed by atoms with Crippen LogP contribution < -0.4 is 5.73 Å². The zero-order valence-electron chi connectivity index (χ0n) is 6.87. The van der Waals surface area contributed by atoms with Crippen molar-refractivity contribution in [2.75, 3.05) is 5.73 Å². The van der Waals surface area contributed by atoms with Gasteiger partial charge in [-0.3, -0.25) is 4.98 Å². The molecule has 2 rings (SSSR count). The Balaban J connectivity index is 2.61. The summed E-state index contributed by atoms with van der Waals surface area (Å²) in [5, 5.41) is 4.33. The molecule has 0 spiro atoms. The van der Waals surface area contributed by atoms with Crippen molar-refractivity contribution in [3.8, 4) is 11.3 Å². The lowest BCUT2D eigenvalue weighted by Crippen LogP contribution is -1.82. The number of rotatable bonds is 1. The van der Waals surface area contributed by atoms with Crippen LogP contribution in [0, 0.1) is 0 Å². The van der Waals surface area contributed by atoms with Crippen LogP contribution in [0.15, 0.2) is 23.0 Å². The third kappa shape index (κ3) is 1.54. The molecule has 0 aliphatic rings. The molecule has 0 atom stereocenters. The number of nitrogen functional groups attached to an aromatic ring is 1. The Bertz CT molecular complexity index is 449. The van der Waals surface area contributed by atoms with Gasteiger partial charge < -0.3 is 10.3 Å². The fourth-order valence-electron chi connectivity index (χ4n) is 1.05. The maximum atomic E-state index is 5.90. The first-order valence-electron chi connectivity index (χ1n) is 3.70. The smallest absolute Gasteiger partial charge is 0.172 e. The minimum Gasteiger partial charge on any atom is -0.381 e. The Kier molecular flexibility index (Phi) is 2.31. The van der Waals surface area contributed by atoms with Crippen molar-refractivity contribution in [2.24, 2.45) is 0 Å². The first kappa shape index (κ1) is 9.30. The molecule has 0 saturated heterocycles. The molecule has 0 aliphatic carbocycles. The predicted octanol–water partition coefficient (Wildman–Crippen LogP) is 2.63. The number of hydrogen-bond donors (Lipinski definition) is 1. The molecule has 72 valence electrons. The van der Waals surface area contributed by atoms with Crippen LogP contribution in [0.1, 0.15) is 0 Å². The van der Waals surface area contributed by atoms with Gasteiger partial charge in [-0.25, -0.2) is 0 Å². The van der Waals surface area contributed by atoms with Crippen LogP contribution in [0.5, 0.6) is 0 Å². The van der Waals surface area contributed by atoms with Gasteiger partial charge in [-0.2, -0.15) is 0 Å². The van der Waals surface area contributed by atoms with E-state index in [0.29, 0.717) is 21.4 Å². The summed E-state index contributed by atoms with van der Waals surface area (Å²) in [7, 11) is 0. The van der Waals surface area contributed by atoms with Gasteiger partial charge in [0.25, 0.3) is 0 Å². The Morgan fingerprint density at radius 2 is 1.86 bits per heavy atom. The summed E-state index contributed by atoms with van der Waals surface area (Å²) in [6.45, 7) is 0. The molecule has 14 heavy (non-hydrogen) atoms. The standard InChI is InChI=1S/C8H5Cl2N3O/c9-4-2-12-3-5(10)8(4)6-1-7(11)13-14-6/h1-3H,(H2,11,13). The van der Waals surface area contributed by atoms with Crippen molar-refractivity contribution in [1.82, 2.24) is 10.1 Å². The van der Waals surface area contributed by atoms with Gasteiger partial charge in [0.15, 0.2) is 11.6 Å². The third-order valence-corrected chi connectivity index (χ3v) is 2.20. The summed E-state index contributed by atoms with van der Waals surface area (Å²) in [6.07, 6.45) is 2.95. The van der Waals surface area contributed by atoms with Gasteiger partial charge in [0.2, 0.25) is 0 Å². The summed E-state index contributed by atoms with van der Waals surface area (Å²) >= 11 is 11.8. The van der Waals surface area contributed by atoms with Crippen molar-refractivity contribution in [1.29, 1.82) is 0 Å². The molecular weight excluding hydrogens is 225 g/mol. The first-order chi connectivity index (χ1) is 6.68. The second kappa shape index (κ2) is 3.48. The monoisotopic (exact) mass is 229 g/mol. The number of anilines is 1. The van der Waals surface area contributed by atoms with E-state index in [1.807, 2.05) is 0 Å². The molecule has 0 saturated carbocycles. The average Bonchev–Trinajstić information content (AvgIpc) is 2.51. The second-order valence-electron chi connectivity index (χ2n) is 2.59. The Morgan fingerprint density at radius 3 is 2.36 bits per heavy atom. The summed E-state index contributed by atoms with van der Waals surface area (Å²) in [6, 6.07) is 1.55. The Morgan fingerprint density at radius 1 is 1.21 bits per heavy atom. The Hall–Kier alpha value is -1.26. The highest BCUT2D eigenvalue weighted by atomic mass is 35.5. The molecule has 6 heteroatoms. The minimum absolute atomic E-state index is 0.281. The van der Waals surface area contributed by atoms with Crippen molar-refractivity contribution in [2.45, 2.75) is 0 Å². The van der Waals surface area contributed by atoms with E-state index >= 15 is 0 Å². The lowest BCUT2D eigenvalue weighted by atomic mass is 10.2. The maximum absolute atomic E-state index is 5.90. The summed E-state index contributed by atoms with van der Waals surface area (Å²) < 4.78 is 4.94. The molecule has 2 heterocycles. The van der Waals surface area contributed by atoms with Crippen LogP contribution in [0.4, 0.5) is 5.82 Å². The number of hydrogen-bond acceptors (Lipinski definition) is 4.